The normalized spacial score (nSPS) is 18.9. The van der Waals surface area contributed by atoms with Crippen molar-refractivity contribution in [2.45, 2.75) is 52.2 Å². The van der Waals surface area contributed by atoms with Crippen LogP contribution in [0.2, 0.25) is 5.54 Å². The summed E-state index contributed by atoms with van der Waals surface area (Å²) in [6, 6.07) is 0. The Balaban J connectivity index is 3.04. The van der Waals surface area contributed by atoms with Crippen LogP contribution in [0.25, 0.3) is 0 Å². The molecule has 1 heterocycles. The largest absolute Gasteiger partial charge is 0.708 e. The van der Waals surface area contributed by atoms with Gasteiger partial charge in [-0.1, -0.05) is 6.92 Å². The van der Waals surface area contributed by atoms with Crippen LogP contribution in [0.4, 0.5) is 0 Å². The first-order valence-electron chi connectivity index (χ1n) is 6.49. The monoisotopic (exact) mass is 304 g/mol. The van der Waals surface area contributed by atoms with Crippen LogP contribution in [0, 0.1) is 0 Å². The molecule has 0 N–H and O–H groups in total. The number of hydrogen-bond donors (Lipinski definition) is 0. The summed E-state index contributed by atoms with van der Waals surface area (Å²) in [5, 5.41) is 0. The summed E-state index contributed by atoms with van der Waals surface area (Å²) in [7, 11) is -3.77. The van der Waals surface area contributed by atoms with Crippen molar-refractivity contribution < 1.29 is 32.4 Å². The van der Waals surface area contributed by atoms with Crippen molar-refractivity contribution in [2.75, 3.05) is 6.61 Å². The van der Waals surface area contributed by atoms with E-state index in [1.807, 2.05) is 6.92 Å². The Morgan fingerprint density at radius 1 is 1.10 bits per heavy atom. The van der Waals surface area contributed by atoms with Crippen molar-refractivity contribution in [3.8, 4) is 0 Å². The van der Waals surface area contributed by atoms with Gasteiger partial charge in [-0.2, -0.15) is 0 Å². The molecule has 1 saturated heterocycles. The van der Waals surface area contributed by atoms with E-state index >= 15 is 0 Å². The predicted octanol–water partition coefficient (Wildman–Crippen LogP) is 1.18. The molecule has 0 aromatic heterocycles. The van der Waals surface area contributed by atoms with Crippen LogP contribution >= 0.6 is 0 Å². The summed E-state index contributed by atoms with van der Waals surface area (Å²) in [6.45, 7) is 6.03. The third-order valence-corrected chi connectivity index (χ3v) is 6.16. The molecule has 2 atom stereocenters. The third kappa shape index (κ3) is 4.93. The molecule has 0 bridgehead atoms. The fraction of sp³-hybridized carbons (Fsp3) is 0.750. The van der Waals surface area contributed by atoms with E-state index in [9.17, 15) is 14.4 Å². The second kappa shape index (κ2) is 6.85. The van der Waals surface area contributed by atoms with E-state index in [0.29, 0.717) is 19.4 Å². The van der Waals surface area contributed by atoms with Crippen LogP contribution < -0.4 is 0 Å². The van der Waals surface area contributed by atoms with Gasteiger partial charge in [0, 0.05) is 20.8 Å². The van der Waals surface area contributed by atoms with E-state index in [4.69, 9.17) is 18.0 Å². The highest BCUT2D eigenvalue weighted by molar-refractivity contribution is 6.67. The molecule has 7 nitrogen and oxygen atoms in total. The van der Waals surface area contributed by atoms with Gasteiger partial charge in [-0.3, -0.25) is 14.4 Å². The minimum atomic E-state index is -3.77. The summed E-state index contributed by atoms with van der Waals surface area (Å²) in [6.07, 6.45) is 1.10. The summed E-state index contributed by atoms with van der Waals surface area (Å²) < 4.78 is 20.8. The van der Waals surface area contributed by atoms with Gasteiger partial charge in [0.1, 0.15) is 0 Å². The number of hydrogen-bond acceptors (Lipinski definition) is 7. The molecule has 2 unspecified atom stereocenters. The molecule has 20 heavy (non-hydrogen) atoms. The van der Waals surface area contributed by atoms with E-state index in [1.54, 1.807) is 0 Å². The van der Waals surface area contributed by atoms with Crippen molar-refractivity contribution in [3.63, 3.8) is 0 Å². The molecule has 0 spiro atoms. The highest BCUT2D eigenvalue weighted by atomic mass is 28.4. The number of epoxide rings is 1. The zero-order valence-electron chi connectivity index (χ0n) is 12.1. The van der Waals surface area contributed by atoms with Gasteiger partial charge in [0.05, 0.1) is 18.3 Å². The van der Waals surface area contributed by atoms with Gasteiger partial charge in [-0.15, -0.1) is 0 Å². The Morgan fingerprint density at radius 3 is 1.75 bits per heavy atom. The Labute approximate surface area is 118 Å². The van der Waals surface area contributed by atoms with Gasteiger partial charge < -0.3 is 18.0 Å². The second-order valence-electron chi connectivity index (χ2n) is 4.68. The maximum absolute atomic E-state index is 11.3. The maximum Gasteiger partial charge on any atom is 0.708 e. The summed E-state index contributed by atoms with van der Waals surface area (Å²) in [5.41, 5.74) is -0.355. The molecule has 0 aliphatic carbocycles. The molecule has 0 radical (unpaired) electrons. The van der Waals surface area contributed by atoms with Crippen LogP contribution in [0.1, 0.15) is 40.5 Å². The molecule has 0 aromatic rings. The standard InChI is InChI=1S/C12H20O7Si/c1-5-12(6-11-7-16-11)20(17-8(2)13,18-9(3)14)19-10(4)15/h11-12H,5-7H2,1-4H3. The average molecular weight is 304 g/mol. The van der Waals surface area contributed by atoms with Gasteiger partial charge in [0.15, 0.2) is 0 Å². The average Bonchev–Trinajstić information content (AvgIpc) is 3.05. The fourth-order valence-corrected chi connectivity index (χ4v) is 4.87. The van der Waals surface area contributed by atoms with Crippen molar-refractivity contribution in [1.82, 2.24) is 0 Å². The summed E-state index contributed by atoms with van der Waals surface area (Å²) in [5.74, 6) is -1.93. The predicted molar refractivity (Wildman–Crippen MR) is 69.5 cm³/mol. The Kier molecular flexibility index (Phi) is 5.70. The van der Waals surface area contributed by atoms with E-state index in [2.05, 4.69) is 0 Å². The van der Waals surface area contributed by atoms with Crippen molar-refractivity contribution >= 4 is 26.7 Å². The van der Waals surface area contributed by atoms with Crippen molar-refractivity contribution in [2.24, 2.45) is 0 Å². The lowest BCUT2D eigenvalue weighted by Crippen LogP contribution is -2.53. The van der Waals surface area contributed by atoms with E-state index in [0.717, 1.165) is 0 Å². The lowest BCUT2D eigenvalue weighted by molar-refractivity contribution is -0.148. The third-order valence-electron chi connectivity index (χ3n) is 2.80. The molecule has 1 aliphatic heterocycles. The lowest BCUT2D eigenvalue weighted by Gasteiger charge is -2.31. The van der Waals surface area contributed by atoms with Crippen LogP contribution in [0.15, 0.2) is 0 Å². The van der Waals surface area contributed by atoms with E-state index < -0.39 is 26.7 Å². The minimum absolute atomic E-state index is 0.0356. The van der Waals surface area contributed by atoms with Gasteiger partial charge in [-0.05, 0) is 12.8 Å². The highest BCUT2D eigenvalue weighted by Gasteiger charge is 2.59. The summed E-state index contributed by atoms with van der Waals surface area (Å²) >= 11 is 0. The topological polar surface area (TPSA) is 91.4 Å². The minimum Gasteiger partial charge on any atom is -0.455 e. The quantitative estimate of drug-likeness (QED) is 0.515. The highest BCUT2D eigenvalue weighted by Crippen LogP contribution is 2.36. The molecule has 1 rings (SSSR count). The van der Waals surface area contributed by atoms with Crippen LogP contribution in [0.3, 0.4) is 0 Å². The van der Waals surface area contributed by atoms with Crippen molar-refractivity contribution in [3.05, 3.63) is 0 Å². The van der Waals surface area contributed by atoms with Crippen LogP contribution in [-0.2, 0) is 32.4 Å². The smallest absolute Gasteiger partial charge is 0.455 e. The number of rotatable bonds is 7. The number of carbonyl (C=O) groups excluding carboxylic acids is 3. The molecule has 0 saturated carbocycles. The molecule has 1 fully saturated rings. The maximum atomic E-state index is 11.3. The molecule has 1 aliphatic rings. The first-order chi connectivity index (χ1) is 9.29. The zero-order valence-corrected chi connectivity index (χ0v) is 13.1. The van der Waals surface area contributed by atoms with Crippen molar-refractivity contribution in [1.29, 1.82) is 0 Å². The number of ether oxygens (including phenoxy) is 1. The molecular formula is C12H20O7Si. The van der Waals surface area contributed by atoms with Crippen LogP contribution in [-0.4, -0.2) is 39.4 Å². The first kappa shape index (κ1) is 16.6. The van der Waals surface area contributed by atoms with Gasteiger partial charge in [0.25, 0.3) is 17.9 Å². The zero-order chi connectivity index (χ0) is 15.3. The molecule has 8 heteroatoms. The van der Waals surface area contributed by atoms with E-state index in [1.165, 1.54) is 20.8 Å². The Bertz CT molecular complexity index is 350. The molecule has 114 valence electrons. The van der Waals surface area contributed by atoms with Gasteiger partial charge in [-0.25, -0.2) is 0 Å². The first-order valence-corrected chi connectivity index (χ1v) is 8.29. The van der Waals surface area contributed by atoms with Gasteiger partial charge in [0.2, 0.25) is 0 Å². The van der Waals surface area contributed by atoms with Gasteiger partial charge >= 0.3 is 8.80 Å². The molecule has 0 amide bonds. The molecule has 0 aromatic carbocycles. The SMILES string of the molecule is CCC(CC1CO1)[Si](OC(C)=O)(OC(C)=O)OC(C)=O. The van der Waals surface area contributed by atoms with Crippen LogP contribution in [0.5, 0.6) is 0 Å². The second-order valence-corrected chi connectivity index (χ2v) is 7.32. The molecular weight excluding hydrogens is 284 g/mol. The fourth-order valence-electron chi connectivity index (χ4n) is 2.00. The Morgan fingerprint density at radius 2 is 1.50 bits per heavy atom. The Hall–Kier alpha value is -1.41. The number of carbonyl (C=O) groups is 3. The van der Waals surface area contributed by atoms with E-state index in [-0.39, 0.29) is 11.6 Å². The summed E-state index contributed by atoms with van der Waals surface area (Å²) in [4.78, 5) is 34.0. The lowest BCUT2D eigenvalue weighted by atomic mass is 10.2.